The number of carbonyl (C=O) groups is 1. The van der Waals surface area contributed by atoms with Crippen molar-refractivity contribution in [1.82, 2.24) is 9.97 Å². The third kappa shape index (κ3) is 3.91. The molecule has 0 unspecified atom stereocenters. The van der Waals surface area contributed by atoms with Crippen molar-refractivity contribution in [2.45, 2.75) is 13.8 Å². The highest BCUT2D eigenvalue weighted by atomic mass is 19.1. The van der Waals surface area contributed by atoms with Crippen LogP contribution in [0.15, 0.2) is 18.2 Å². The fourth-order valence-corrected chi connectivity index (χ4v) is 1.94. The molecular weight excluding hydrogens is 304 g/mol. The Morgan fingerprint density at radius 3 is 2.22 bits per heavy atom. The van der Waals surface area contributed by atoms with Gasteiger partial charge in [-0.1, -0.05) is 0 Å². The van der Waals surface area contributed by atoms with E-state index in [0.717, 1.165) is 12.1 Å². The summed E-state index contributed by atoms with van der Waals surface area (Å²) in [6, 6.07) is 2.24. The SMILES string of the molecule is Cc1nc(N(C)C)nc(C)c1NC(=O)Nc1ccc(F)cc1F. The van der Waals surface area contributed by atoms with Gasteiger partial charge in [0.2, 0.25) is 5.95 Å². The van der Waals surface area contributed by atoms with Gasteiger partial charge in [0.1, 0.15) is 11.6 Å². The molecule has 0 aliphatic rings. The highest BCUT2D eigenvalue weighted by molar-refractivity contribution is 6.00. The van der Waals surface area contributed by atoms with Crippen LogP contribution in [0, 0.1) is 25.5 Å². The molecule has 0 bridgehead atoms. The lowest BCUT2D eigenvalue weighted by Gasteiger charge is -2.16. The van der Waals surface area contributed by atoms with E-state index in [9.17, 15) is 13.6 Å². The molecule has 0 saturated heterocycles. The standard InChI is InChI=1S/C15H17F2N5O/c1-8-13(9(2)19-14(18-8)22(3)4)21-15(23)20-12-6-5-10(16)7-11(12)17/h5-7H,1-4H3,(H2,20,21,23). The van der Waals surface area contributed by atoms with E-state index in [-0.39, 0.29) is 5.69 Å². The Balaban J connectivity index is 2.17. The first-order valence-electron chi connectivity index (χ1n) is 6.83. The maximum absolute atomic E-state index is 13.5. The molecule has 122 valence electrons. The van der Waals surface area contributed by atoms with Crippen molar-refractivity contribution < 1.29 is 13.6 Å². The summed E-state index contributed by atoms with van der Waals surface area (Å²) in [5.41, 5.74) is 1.48. The lowest BCUT2D eigenvalue weighted by Crippen LogP contribution is -2.23. The van der Waals surface area contributed by atoms with Gasteiger partial charge in [-0.2, -0.15) is 0 Å². The van der Waals surface area contributed by atoms with E-state index in [0.29, 0.717) is 29.1 Å². The molecular formula is C15H17F2N5O. The lowest BCUT2D eigenvalue weighted by atomic mass is 10.3. The minimum absolute atomic E-state index is 0.120. The van der Waals surface area contributed by atoms with Crippen molar-refractivity contribution in [2.75, 3.05) is 29.6 Å². The maximum Gasteiger partial charge on any atom is 0.323 e. The summed E-state index contributed by atoms with van der Waals surface area (Å²) in [5.74, 6) is -1.05. The number of halogens is 2. The van der Waals surface area contributed by atoms with E-state index < -0.39 is 17.7 Å². The Labute approximate surface area is 132 Å². The molecule has 23 heavy (non-hydrogen) atoms. The largest absolute Gasteiger partial charge is 0.347 e. The van der Waals surface area contributed by atoms with Crippen LogP contribution in [0.4, 0.5) is 30.9 Å². The molecule has 0 fully saturated rings. The topological polar surface area (TPSA) is 70.2 Å². The van der Waals surface area contributed by atoms with Crippen LogP contribution >= 0.6 is 0 Å². The predicted octanol–water partition coefficient (Wildman–Crippen LogP) is 3.08. The molecule has 6 nitrogen and oxygen atoms in total. The number of benzene rings is 1. The number of nitrogens with zero attached hydrogens (tertiary/aromatic N) is 3. The van der Waals surface area contributed by atoms with Crippen LogP contribution in [-0.4, -0.2) is 30.1 Å². The van der Waals surface area contributed by atoms with Gasteiger partial charge in [-0.05, 0) is 26.0 Å². The zero-order chi connectivity index (χ0) is 17.1. The van der Waals surface area contributed by atoms with Crippen LogP contribution in [0.1, 0.15) is 11.4 Å². The molecule has 0 aliphatic heterocycles. The highest BCUT2D eigenvalue weighted by Crippen LogP contribution is 2.20. The first-order valence-corrected chi connectivity index (χ1v) is 6.83. The number of hydrogen-bond acceptors (Lipinski definition) is 4. The summed E-state index contributed by atoms with van der Waals surface area (Å²) in [7, 11) is 3.62. The summed E-state index contributed by atoms with van der Waals surface area (Å²) in [6.07, 6.45) is 0. The van der Waals surface area contributed by atoms with Crippen LogP contribution < -0.4 is 15.5 Å². The molecule has 1 aromatic heterocycles. The number of aromatic nitrogens is 2. The molecule has 0 saturated carbocycles. The zero-order valence-electron chi connectivity index (χ0n) is 13.2. The van der Waals surface area contributed by atoms with Gasteiger partial charge >= 0.3 is 6.03 Å². The summed E-state index contributed by atoms with van der Waals surface area (Å²) < 4.78 is 26.4. The van der Waals surface area contributed by atoms with Crippen LogP contribution in [0.5, 0.6) is 0 Å². The van der Waals surface area contributed by atoms with E-state index >= 15 is 0 Å². The number of anilines is 3. The molecule has 0 atom stereocenters. The molecule has 0 radical (unpaired) electrons. The molecule has 8 heteroatoms. The van der Waals surface area contributed by atoms with Gasteiger partial charge in [-0.3, -0.25) is 0 Å². The van der Waals surface area contributed by atoms with E-state index in [4.69, 9.17) is 0 Å². The molecule has 2 amide bonds. The lowest BCUT2D eigenvalue weighted by molar-refractivity contribution is 0.262. The maximum atomic E-state index is 13.5. The van der Waals surface area contributed by atoms with Gasteiger partial charge in [0.25, 0.3) is 0 Å². The first kappa shape index (κ1) is 16.6. The summed E-state index contributed by atoms with van der Waals surface area (Å²) in [5, 5.41) is 4.90. The Morgan fingerprint density at radius 2 is 1.70 bits per heavy atom. The molecule has 2 N–H and O–H groups in total. The fraction of sp³-hybridized carbons (Fsp3) is 0.267. The Morgan fingerprint density at radius 1 is 1.09 bits per heavy atom. The Kier molecular flexibility index (Phi) is 4.73. The van der Waals surface area contributed by atoms with Gasteiger partial charge in [0, 0.05) is 20.2 Å². The van der Waals surface area contributed by atoms with Gasteiger partial charge in [-0.25, -0.2) is 23.5 Å². The molecule has 2 aromatic rings. The van der Waals surface area contributed by atoms with Gasteiger partial charge < -0.3 is 15.5 Å². The molecule has 1 aromatic carbocycles. The van der Waals surface area contributed by atoms with E-state index in [1.54, 1.807) is 18.7 Å². The van der Waals surface area contributed by atoms with Gasteiger partial charge in [0.15, 0.2) is 0 Å². The predicted molar refractivity (Wildman–Crippen MR) is 84.8 cm³/mol. The zero-order valence-corrected chi connectivity index (χ0v) is 13.2. The van der Waals surface area contributed by atoms with Crippen molar-refractivity contribution in [1.29, 1.82) is 0 Å². The highest BCUT2D eigenvalue weighted by Gasteiger charge is 2.14. The van der Waals surface area contributed by atoms with Crippen molar-refractivity contribution in [3.05, 3.63) is 41.2 Å². The average molecular weight is 321 g/mol. The number of carbonyl (C=O) groups excluding carboxylic acids is 1. The molecule has 0 aliphatic carbocycles. The number of aryl methyl sites for hydroxylation is 2. The minimum Gasteiger partial charge on any atom is -0.347 e. The normalized spacial score (nSPS) is 10.3. The van der Waals surface area contributed by atoms with Crippen molar-refractivity contribution in [2.24, 2.45) is 0 Å². The smallest absolute Gasteiger partial charge is 0.323 e. The molecule has 0 spiro atoms. The van der Waals surface area contributed by atoms with E-state index in [2.05, 4.69) is 20.6 Å². The second-order valence-electron chi connectivity index (χ2n) is 5.17. The monoisotopic (exact) mass is 321 g/mol. The van der Waals surface area contributed by atoms with Crippen molar-refractivity contribution in [3.63, 3.8) is 0 Å². The Hall–Kier alpha value is -2.77. The van der Waals surface area contributed by atoms with Crippen molar-refractivity contribution >= 4 is 23.4 Å². The number of urea groups is 1. The second kappa shape index (κ2) is 6.55. The van der Waals surface area contributed by atoms with Crippen LogP contribution in [0.25, 0.3) is 0 Å². The number of hydrogen-bond donors (Lipinski definition) is 2. The van der Waals surface area contributed by atoms with Crippen LogP contribution in [0.2, 0.25) is 0 Å². The number of nitrogens with one attached hydrogen (secondary N) is 2. The molecule has 1 heterocycles. The summed E-state index contributed by atoms with van der Waals surface area (Å²) >= 11 is 0. The van der Waals surface area contributed by atoms with E-state index in [1.165, 1.54) is 0 Å². The number of amides is 2. The van der Waals surface area contributed by atoms with Crippen LogP contribution in [-0.2, 0) is 0 Å². The quantitative estimate of drug-likeness (QED) is 0.911. The third-order valence-electron chi connectivity index (χ3n) is 3.08. The minimum atomic E-state index is -0.854. The summed E-state index contributed by atoms with van der Waals surface area (Å²) in [4.78, 5) is 22.3. The van der Waals surface area contributed by atoms with Crippen LogP contribution in [0.3, 0.4) is 0 Å². The van der Waals surface area contributed by atoms with Gasteiger partial charge in [0.05, 0.1) is 22.8 Å². The molecule has 2 rings (SSSR count). The van der Waals surface area contributed by atoms with Crippen molar-refractivity contribution in [3.8, 4) is 0 Å². The van der Waals surface area contributed by atoms with Gasteiger partial charge in [-0.15, -0.1) is 0 Å². The third-order valence-corrected chi connectivity index (χ3v) is 3.08. The Bertz CT molecular complexity index is 726. The number of rotatable bonds is 3. The average Bonchev–Trinajstić information content (AvgIpc) is 2.45. The first-order chi connectivity index (χ1) is 10.8. The van der Waals surface area contributed by atoms with E-state index in [1.807, 2.05) is 14.1 Å². The second-order valence-corrected chi connectivity index (χ2v) is 5.17. The summed E-state index contributed by atoms with van der Waals surface area (Å²) in [6.45, 7) is 3.46. The fourth-order valence-electron chi connectivity index (χ4n) is 1.94.